The molecule has 3 rings (SSSR count). The van der Waals surface area contributed by atoms with E-state index in [1.807, 2.05) is 18.3 Å². The number of aliphatic hydroxyl groups excluding tert-OH is 1. The van der Waals surface area contributed by atoms with Gasteiger partial charge in [0.15, 0.2) is 0 Å². The summed E-state index contributed by atoms with van der Waals surface area (Å²) in [6.45, 7) is 3.56. The Hall–Kier alpha value is -1.63. The molecule has 7 heteroatoms. The van der Waals surface area contributed by atoms with E-state index in [2.05, 4.69) is 15.0 Å². The zero-order chi connectivity index (χ0) is 14.7. The van der Waals surface area contributed by atoms with Crippen LogP contribution in [0.25, 0.3) is 11.4 Å². The number of nitrogens with zero attached hydrogens (tertiary/aromatic N) is 4. The fourth-order valence-corrected chi connectivity index (χ4v) is 2.50. The molecule has 6 nitrogen and oxygen atoms in total. The Balaban J connectivity index is 1.89. The first-order valence-corrected chi connectivity index (χ1v) is 7.29. The van der Waals surface area contributed by atoms with Crippen molar-refractivity contribution in [2.45, 2.75) is 6.54 Å². The molecule has 21 heavy (non-hydrogen) atoms. The van der Waals surface area contributed by atoms with Crippen molar-refractivity contribution in [2.24, 2.45) is 0 Å². The molecule has 0 radical (unpaired) electrons. The van der Waals surface area contributed by atoms with Crippen LogP contribution in [-0.2, 0) is 11.3 Å². The first-order valence-electron chi connectivity index (χ1n) is 6.91. The number of aliphatic hydroxyl groups is 1. The summed E-state index contributed by atoms with van der Waals surface area (Å²) >= 11 is 6.21. The van der Waals surface area contributed by atoms with Gasteiger partial charge in [0, 0.05) is 24.3 Å². The summed E-state index contributed by atoms with van der Waals surface area (Å²) in [5, 5.41) is 14.0. The molecule has 0 spiro atoms. The van der Waals surface area contributed by atoms with E-state index >= 15 is 0 Å². The van der Waals surface area contributed by atoms with E-state index < -0.39 is 0 Å². The van der Waals surface area contributed by atoms with Crippen molar-refractivity contribution in [2.75, 3.05) is 37.8 Å². The zero-order valence-corrected chi connectivity index (χ0v) is 12.3. The molecule has 2 aromatic heterocycles. The predicted molar refractivity (Wildman–Crippen MR) is 80.6 cm³/mol. The molecule has 0 aliphatic carbocycles. The number of rotatable bonds is 4. The second kappa shape index (κ2) is 6.43. The molecule has 0 amide bonds. The predicted octanol–water partition coefficient (Wildman–Crippen LogP) is 1.43. The van der Waals surface area contributed by atoms with Crippen LogP contribution >= 0.6 is 11.6 Å². The summed E-state index contributed by atoms with van der Waals surface area (Å²) in [7, 11) is 0. The molecule has 112 valence electrons. The Morgan fingerprint density at radius 1 is 1.24 bits per heavy atom. The van der Waals surface area contributed by atoms with Gasteiger partial charge in [0.05, 0.1) is 32.1 Å². The molecule has 0 unspecified atom stereocenters. The lowest BCUT2D eigenvalue weighted by Crippen LogP contribution is -2.36. The molecule has 1 aliphatic heterocycles. The monoisotopic (exact) mass is 308 g/mol. The van der Waals surface area contributed by atoms with Gasteiger partial charge in [-0.05, 0) is 18.2 Å². The lowest BCUT2D eigenvalue weighted by molar-refractivity contribution is 0.122. The Morgan fingerprint density at radius 3 is 2.81 bits per heavy atom. The van der Waals surface area contributed by atoms with Gasteiger partial charge in [0.1, 0.15) is 11.5 Å². The lowest BCUT2D eigenvalue weighted by atomic mass is 10.2. The number of hydrogen-bond donors (Lipinski definition) is 1. The summed E-state index contributed by atoms with van der Waals surface area (Å²) in [4.78, 5) is 6.80. The van der Waals surface area contributed by atoms with Gasteiger partial charge >= 0.3 is 0 Å². The number of anilines is 1. The summed E-state index contributed by atoms with van der Waals surface area (Å²) < 4.78 is 7.04. The molecule has 0 saturated carbocycles. The minimum absolute atomic E-state index is 0.0587. The molecule has 0 bridgehead atoms. The first-order chi connectivity index (χ1) is 10.3. The van der Waals surface area contributed by atoms with Gasteiger partial charge in [0.2, 0.25) is 0 Å². The van der Waals surface area contributed by atoms with Gasteiger partial charge in [0.25, 0.3) is 0 Å². The van der Waals surface area contributed by atoms with Crippen LogP contribution in [0.4, 0.5) is 5.82 Å². The summed E-state index contributed by atoms with van der Waals surface area (Å²) in [5.41, 5.74) is 1.49. The quantitative estimate of drug-likeness (QED) is 0.925. The maximum atomic E-state index is 8.94. The first kappa shape index (κ1) is 14.3. The molecule has 1 N–H and O–H groups in total. The number of halogens is 1. The highest BCUT2D eigenvalue weighted by atomic mass is 35.5. The second-order valence-corrected chi connectivity index (χ2v) is 5.25. The van der Waals surface area contributed by atoms with Crippen LogP contribution in [0, 0.1) is 0 Å². The van der Waals surface area contributed by atoms with E-state index in [0.29, 0.717) is 24.8 Å². The van der Waals surface area contributed by atoms with Crippen LogP contribution in [0.3, 0.4) is 0 Å². The van der Waals surface area contributed by atoms with Gasteiger partial charge in [-0.25, -0.2) is 4.98 Å². The number of hydrogen-bond acceptors (Lipinski definition) is 5. The van der Waals surface area contributed by atoms with E-state index in [-0.39, 0.29) is 6.61 Å². The average molecular weight is 309 g/mol. The third-order valence-corrected chi connectivity index (χ3v) is 3.56. The van der Waals surface area contributed by atoms with Crippen molar-refractivity contribution < 1.29 is 9.84 Å². The van der Waals surface area contributed by atoms with Gasteiger partial charge in [-0.15, -0.1) is 0 Å². The third kappa shape index (κ3) is 3.34. The topological polar surface area (TPSA) is 63.4 Å². The zero-order valence-electron chi connectivity index (χ0n) is 11.6. The normalized spacial score (nSPS) is 15.4. The van der Waals surface area contributed by atoms with Crippen LogP contribution in [-0.4, -0.2) is 52.8 Å². The second-order valence-electron chi connectivity index (χ2n) is 4.82. The van der Waals surface area contributed by atoms with Crippen molar-refractivity contribution >= 4 is 17.4 Å². The fourth-order valence-electron chi connectivity index (χ4n) is 2.29. The summed E-state index contributed by atoms with van der Waals surface area (Å²) in [6.07, 6.45) is 1.82. The molecular weight excluding hydrogens is 292 g/mol. The number of aromatic nitrogens is 3. The van der Waals surface area contributed by atoms with Crippen molar-refractivity contribution in [3.63, 3.8) is 0 Å². The van der Waals surface area contributed by atoms with E-state index in [9.17, 15) is 0 Å². The van der Waals surface area contributed by atoms with Crippen molar-refractivity contribution in [1.29, 1.82) is 0 Å². The highest BCUT2D eigenvalue weighted by Crippen LogP contribution is 2.25. The third-order valence-electron chi connectivity index (χ3n) is 3.34. The van der Waals surface area contributed by atoms with Gasteiger partial charge < -0.3 is 14.7 Å². The number of ether oxygens (including phenoxy) is 1. The minimum atomic E-state index is 0.0587. The molecular formula is C14H17ClN4O2. The number of pyridine rings is 1. The Morgan fingerprint density at radius 2 is 2.05 bits per heavy atom. The summed E-state index contributed by atoms with van der Waals surface area (Å²) in [6, 6.07) is 5.54. The SMILES string of the molecule is OCCn1ccc(-c2cc(Cl)cc(N3CCOCC3)n2)n1. The smallest absolute Gasteiger partial charge is 0.130 e. The Labute approximate surface area is 127 Å². The van der Waals surface area contributed by atoms with E-state index in [1.54, 1.807) is 10.7 Å². The molecule has 0 atom stereocenters. The fraction of sp³-hybridized carbons (Fsp3) is 0.429. The van der Waals surface area contributed by atoms with E-state index in [0.717, 1.165) is 30.3 Å². The molecule has 0 aromatic carbocycles. The molecule has 1 aliphatic rings. The van der Waals surface area contributed by atoms with Crippen LogP contribution in [0.1, 0.15) is 0 Å². The van der Waals surface area contributed by atoms with Crippen molar-refractivity contribution in [3.05, 3.63) is 29.4 Å². The van der Waals surface area contributed by atoms with E-state index in [1.165, 1.54) is 0 Å². The van der Waals surface area contributed by atoms with Gasteiger partial charge in [-0.3, -0.25) is 4.68 Å². The standard InChI is InChI=1S/C14H17ClN4O2/c15-11-9-13(12-1-2-19(17-12)3-6-20)16-14(10-11)18-4-7-21-8-5-18/h1-2,9-10,20H,3-8H2. The Bertz CT molecular complexity index is 611. The van der Waals surface area contributed by atoms with Crippen molar-refractivity contribution in [1.82, 2.24) is 14.8 Å². The Kier molecular flexibility index (Phi) is 4.38. The molecule has 1 saturated heterocycles. The average Bonchev–Trinajstić information content (AvgIpc) is 2.97. The lowest BCUT2D eigenvalue weighted by Gasteiger charge is -2.28. The van der Waals surface area contributed by atoms with Crippen molar-refractivity contribution in [3.8, 4) is 11.4 Å². The van der Waals surface area contributed by atoms with Gasteiger partial charge in [-0.2, -0.15) is 5.10 Å². The van der Waals surface area contributed by atoms with Crippen LogP contribution in [0.5, 0.6) is 0 Å². The highest BCUT2D eigenvalue weighted by molar-refractivity contribution is 6.31. The maximum absolute atomic E-state index is 8.94. The van der Waals surface area contributed by atoms with E-state index in [4.69, 9.17) is 21.4 Å². The molecule has 2 aromatic rings. The summed E-state index contributed by atoms with van der Waals surface area (Å²) in [5.74, 6) is 0.845. The van der Waals surface area contributed by atoms with Gasteiger partial charge in [-0.1, -0.05) is 11.6 Å². The van der Waals surface area contributed by atoms with Crippen LogP contribution in [0.15, 0.2) is 24.4 Å². The molecule has 3 heterocycles. The molecule has 1 fully saturated rings. The maximum Gasteiger partial charge on any atom is 0.130 e. The van der Waals surface area contributed by atoms with Crippen LogP contribution in [0.2, 0.25) is 5.02 Å². The number of morpholine rings is 1. The minimum Gasteiger partial charge on any atom is -0.394 e. The van der Waals surface area contributed by atoms with Crippen LogP contribution < -0.4 is 4.90 Å². The largest absolute Gasteiger partial charge is 0.394 e. The highest BCUT2D eigenvalue weighted by Gasteiger charge is 2.15.